The lowest BCUT2D eigenvalue weighted by Crippen LogP contribution is -2.53. The van der Waals surface area contributed by atoms with Gasteiger partial charge in [0.25, 0.3) is 0 Å². The number of likely N-dealkylation sites (N-methyl/N-ethyl adjacent to an activating group) is 2. The zero-order valence-electron chi connectivity index (χ0n) is 24.2. The fourth-order valence-corrected chi connectivity index (χ4v) is 6.56. The minimum Gasteiger partial charge on any atom is -0.263 e. The predicted octanol–water partition coefficient (Wildman–Crippen LogP) is 4.94. The van der Waals surface area contributed by atoms with E-state index in [1.54, 1.807) is 0 Å². The summed E-state index contributed by atoms with van der Waals surface area (Å²) in [4.78, 5) is 37.5. The molecule has 2 aliphatic rings. The van der Waals surface area contributed by atoms with Gasteiger partial charge in [-0.3, -0.25) is 9.68 Å². The summed E-state index contributed by atoms with van der Waals surface area (Å²) in [5.41, 5.74) is 5.79. The van der Waals surface area contributed by atoms with Crippen LogP contribution in [0.1, 0.15) is 88.0 Å². The summed E-state index contributed by atoms with van der Waals surface area (Å²) in [5.74, 6) is -1.95. The first-order valence-corrected chi connectivity index (χ1v) is 15.9. The highest BCUT2D eigenvalue weighted by molar-refractivity contribution is 6.99. The van der Waals surface area contributed by atoms with Crippen molar-refractivity contribution >= 4 is 46.5 Å². The van der Waals surface area contributed by atoms with Gasteiger partial charge in [0.05, 0.1) is 34.8 Å². The zero-order chi connectivity index (χ0) is 28.6. The highest BCUT2D eigenvalue weighted by Crippen LogP contribution is 2.29. The SMILES string of the molecule is CCCCCc1nsnc1C1=CCC[N+](C)(OC(=O)C(=O)O[N+]2(C)CCC=C(c3nsnc3CCCCC)C2)C1. The third-order valence-electron chi connectivity index (χ3n) is 7.52. The molecule has 0 spiro atoms. The van der Waals surface area contributed by atoms with Crippen LogP contribution in [0.15, 0.2) is 12.2 Å². The molecule has 2 aliphatic heterocycles. The number of rotatable bonds is 12. The molecule has 2 aromatic rings. The Balaban J connectivity index is 1.35. The smallest absolute Gasteiger partial charge is 0.263 e. The molecular formula is C28H42N6O4S2+2. The van der Waals surface area contributed by atoms with Gasteiger partial charge in [0.1, 0.15) is 51.7 Å². The molecule has 0 saturated carbocycles. The molecule has 4 heterocycles. The van der Waals surface area contributed by atoms with Gasteiger partial charge in [-0.2, -0.15) is 17.5 Å². The van der Waals surface area contributed by atoms with E-state index in [1.807, 2.05) is 14.1 Å². The van der Waals surface area contributed by atoms with Crippen molar-refractivity contribution in [1.29, 1.82) is 0 Å². The van der Waals surface area contributed by atoms with Crippen molar-refractivity contribution in [2.75, 3.05) is 40.3 Å². The van der Waals surface area contributed by atoms with E-state index in [-0.39, 0.29) is 9.29 Å². The molecule has 10 nitrogen and oxygen atoms in total. The number of hydrogen-bond acceptors (Lipinski definition) is 10. The number of aryl methyl sites for hydroxylation is 2. The topological polar surface area (TPSA) is 104 Å². The number of carbonyl (C=O) groups excluding carboxylic acids is 2. The summed E-state index contributed by atoms with van der Waals surface area (Å²) in [6.45, 7) is 6.37. The molecule has 0 saturated heterocycles. The number of unbranched alkanes of at least 4 members (excludes halogenated alkanes) is 4. The zero-order valence-corrected chi connectivity index (χ0v) is 25.8. The summed E-state index contributed by atoms with van der Waals surface area (Å²) in [6, 6.07) is 0. The largest absolute Gasteiger partial charge is 0.480 e. The highest BCUT2D eigenvalue weighted by atomic mass is 32.1. The third-order valence-corrected chi connectivity index (χ3v) is 8.66. The first-order valence-electron chi connectivity index (χ1n) is 14.4. The average molecular weight is 591 g/mol. The van der Waals surface area contributed by atoms with Crippen LogP contribution in [0.3, 0.4) is 0 Å². The summed E-state index contributed by atoms with van der Waals surface area (Å²) in [6.07, 6.45) is 14.2. The van der Waals surface area contributed by atoms with Gasteiger partial charge in [0.2, 0.25) is 0 Å². The minimum absolute atomic E-state index is 0.0355. The van der Waals surface area contributed by atoms with E-state index in [9.17, 15) is 9.59 Å². The Morgan fingerprint density at radius 3 is 1.55 bits per heavy atom. The molecule has 0 radical (unpaired) electrons. The van der Waals surface area contributed by atoms with E-state index >= 15 is 0 Å². The Kier molecular flexibility index (Phi) is 10.6. The molecule has 0 aromatic carbocycles. The molecule has 2 unspecified atom stereocenters. The summed E-state index contributed by atoms with van der Waals surface area (Å²) in [7, 11) is 3.64. The number of hydrogen-bond donors (Lipinski definition) is 0. The maximum absolute atomic E-state index is 13.0. The summed E-state index contributed by atoms with van der Waals surface area (Å²) < 4.78 is 18.0. The van der Waals surface area contributed by atoms with Crippen LogP contribution >= 0.6 is 23.5 Å². The van der Waals surface area contributed by atoms with E-state index in [2.05, 4.69) is 43.5 Å². The van der Waals surface area contributed by atoms with E-state index in [0.29, 0.717) is 39.0 Å². The first-order chi connectivity index (χ1) is 19.3. The molecule has 4 rings (SSSR count). The lowest BCUT2D eigenvalue weighted by molar-refractivity contribution is -1.07. The van der Waals surface area contributed by atoms with Crippen LogP contribution in [-0.4, -0.2) is 79.0 Å². The van der Waals surface area contributed by atoms with Crippen molar-refractivity contribution < 1.29 is 28.6 Å². The van der Waals surface area contributed by atoms with E-state index < -0.39 is 11.9 Å². The van der Waals surface area contributed by atoms with Crippen molar-refractivity contribution in [3.63, 3.8) is 0 Å². The molecule has 40 heavy (non-hydrogen) atoms. The highest BCUT2D eigenvalue weighted by Gasteiger charge is 2.41. The molecule has 0 amide bonds. The van der Waals surface area contributed by atoms with Gasteiger partial charge in [-0.05, 0) is 25.7 Å². The van der Waals surface area contributed by atoms with Crippen LogP contribution in [-0.2, 0) is 32.1 Å². The molecule has 0 bridgehead atoms. The lowest BCUT2D eigenvalue weighted by atomic mass is 10.0. The van der Waals surface area contributed by atoms with Gasteiger partial charge in [0, 0.05) is 24.0 Å². The molecule has 218 valence electrons. The van der Waals surface area contributed by atoms with Gasteiger partial charge in [-0.15, -0.1) is 9.29 Å². The Hall–Kier alpha value is -2.54. The monoisotopic (exact) mass is 590 g/mol. The lowest BCUT2D eigenvalue weighted by Gasteiger charge is -2.35. The van der Waals surface area contributed by atoms with Gasteiger partial charge < -0.3 is 0 Å². The fraction of sp³-hybridized carbons (Fsp3) is 0.643. The molecule has 0 fully saturated rings. The van der Waals surface area contributed by atoms with Gasteiger partial charge >= 0.3 is 11.9 Å². The number of quaternary nitrogens is 2. The van der Waals surface area contributed by atoms with Crippen LogP contribution in [0.25, 0.3) is 11.1 Å². The fourth-order valence-electron chi connectivity index (χ4n) is 5.32. The number of hydroxylamine groups is 6. The second-order valence-electron chi connectivity index (χ2n) is 11.2. The van der Waals surface area contributed by atoms with Crippen LogP contribution in [0.5, 0.6) is 0 Å². The third kappa shape index (κ3) is 7.80. The second kappa shape index (κ2) is 13.9. The summed E-state index contributed by atoms with van der Waals surface area (Å²) >= 11 is 2.43. The molecular weight excluding hydrogens is 548 g/mol. The van der Waals surface area contributed by atoms with Crippen LogP contribution in [0.4, 0.5) is 0 Å². The quantitative estimate of drug-likeness (QED) is 0.195. The average Bonchev–Trinajstić information content (AvgIpc) is 3.58. The van der Waals surface area contributed by atoms with E-state index in [4.69, 9.17) is 9.68 Å². The van der Waals surface area contributed by atoms with Crippen molar-refractivity contribution in [3.05, 3.63) is 34.9 Å². The minimum atomic E-state index is -0.977. The van der Waals surface area contributed by atoms with E-state index in [0.717, 1.165) is 85.3 Å². The van der Waals surface area contributed by atoms with Crippen molar-refractivity contribution in [3.8, 4) is 0 Å². The molecule has 0 N–H and O–H groups in total. The summed E-state index contributed by atoms with van der Waals surface area (Å²) in [5, 5.41) is 0. The molecule has 2 aromatic heterocycles. The Morgan fingerprint density at radius 2 is 1.15 bits per heavy atom. The van der Waals surface area contributed by atoms with Gasteiger partial charge in [-0.25, -0.2) is 9.59 Å². The number of carbonyl (C=O) groups is 2. The second-order valence-corrected chi connectivity index (χ2v) is 12.2. The normalized spacial score (nSPS) is 22.9. The maximum Gasteiger partial charge on any atom is 0.480 e. The van der Waals surface area contributed by atoms with Gasteiger partial charge in [-0.1, -0.05) is 51.7 Å². The first kappa shape index (κ1) is 30.4. The van der Waals surface area contributed by atoms with Gasteiger partial charge in [0.15, 0.2) is 0 Å². The number of aromatic nitrogens is 4. The molecule has 0 aliphatic carbocycles. The van der Waals surface area contributed by atoms with Crippen LogP contribution < -0.4 is 0 Å². The van der Waals surface area contributed by atoms with E-state index in [1.165, 1.54) is 23.5 Å². The van der Waals surface area contributed by atoms with Crippen molar-refractivity contribution in [2.45, 2.75) is 78.1 Å². The maximum atomic E-state index is 13.0. The van der Waals surface area contributed by atoms with Crippen molar-refractivity contribution in [1.82, 2.24) is 17.5 Å². The number of nitrogens with zero attached hydrogens (tertiary/aromatic N) is 6. The van der Waals surface area contributed by atoms with Crippen LogP contribution in [0, 0.1) is 0 Å². The Morgan fingerprint density at radius 1 is 0.725 bits per heavy atom. The predicted molar refractivity (Wildman–Crippen MR) is 155 cm³/mol. The van der Waals surface area contributed by atoms with Crippen LogP contribution in [0.2, 0.25) is 0 Å². The molecule has 2 atom stereocenters. The molecule has 12 heteroatoms. The standard InChI is InChI=1S/C28H42N6O4S2/c1-5-7-9-15-23-25(31-39-29-23)21-13-11-17-33(3,19-21)37-27(35)28(36)38-34(4)18-12-14-22(20-34)26-24(30-40-32-26)16-10-8-6-2/h13-14H,5-12,15-20H2,1-4H3/q+2. The van der Waals surface area contributed by atoms with Crippen molar-refractivity contribution in [2.24, 2.45) is 0 Å². The Bertz CT molecular complexity index is 1150. The Labute approximate surface area is 245 Å².